The number of aliphatic hydroxyl groups is 6. The third kappa shape index (κ3) is 5.77. The molecule has 6 N–H and O–H groups in total. The minimum absolute atomic E-state index is 0.156. The number of rotatable bonds is 5. The van der Waals surface area contributed by atoms with Crippen molar-refractivity contribution in [1.82, 2.24) is 0 Å². The molecule has 0 bridgehead atoms. The van der Waals surface area contributed by atoms with Crippen LogP contribution in [0, 0.1) is 52.3 Å². The molecule has 50 heavy (non-hydrogen) atoms. The van der Waals surface area contributed by atoms with Crippen molar-refractivity contribution in [3.63, 3.8) is 0 Å². The zero-order chi connectivity index (χ0) is 35.3. The molecule has 0 unspecified atom stereocenters. The molecule has 1 spiro atoms. The molecule has 286 valence electrons. The van der Waals surface area contributed by atoms with E-state index in [0.717, 1.165) is 45.1 Å². The van der Waals surface area contributed by atoms with Gasteiger partial charge in [0.05, 0.1) is 32.0 Å². The van der Waals surface area contributed by atoms with E-state index in [1.54, 1.807) is 0 Å². The summed E-state index contributed by atoms with van der Waals surface area (Å²) in [6.45, 7) is 10.1. The number of fused-ring (bicyclic) bond motifs is 7. The van der Waals surface area contributed by atoms with Crippen molar-refractivity contribution in [3.05, 3.63) is 0 Å². The Hall–Kier alpha value is -0.480. The Morgan fingerprint density at radius 1 is 0.720 bits per heavy atom. The van der Waals surface area contributed by atoms with Gasteiger partial charge < -0.3 is 59.1 Å². The van der Waals surface area contributed by atoms with Crippen molar-refractivity contribution < 1.29 is 59.1 Å². The molecule has 4 aliphatic heterocycles. The van der Waals surface area contributed by atoms with Crippen LogP contribution in [0.3, 0.4) is 0 Å². The Bertz CT molecular complexity index is 1210. The van der Waals surface area contributed by atoms with Crippen molar-refractivity contribution in [1.29, 1.82) is 0 Å². The van der Waals surface area contributed by atoms with Gasteiger partial charge in [-0.1, -0.05) is 27.7 Å². The molecule has 0 amide bonds. The summed E-state index contributed by atoms with van der Waals surface area (Å²) in [4.78, 5) is 0. The van der Waals surface area contributed by atoms with Crippen molar-refractivity contribution in [3.8, 4) is 0 Å². The molecule has 0 aromatic carbocycles. The largest absolute Gasteiger partial charge is 0.388 e. The maximum atomic E-state index is 10.9. The van der Waals surface area contributed by atoms with E-state index in [0.29, 0.717) is 47.5 Å². The summed E-state index contributed by atoms with van der Waals surface area (Å²) >= 11 is 0. The third-order valence-electron chi connectivity index (χ3n) is 15.8. The second-order valence-corrected chi connectivity index (χ2v) is 18.3. The molecule has 4 saturated heterocycles. The van der Waals surface area contributed by atoms with E-state index >= 15 is 0 Å². The van der Waals surface area contributed by atoms with Gasteiger partial charge >= 0.3 is 0 Å². The van der Waals surface area contributed by atoms with Crippen molar-refractivity contribution in [2.75, 3.05) is 19.8 Å². The highest BCUT2D eigenvalue weighted by Crippen LogP contribution is 2.71. The van der Waals surface area contributed by atoms with E-state index in [9.17, 15) is 30.6 Å². The third-order valence-corrected chi connectivity index (χ3v) is 15.8. The smallest absolute Gasteiger partial charge is 0.186 e. The maximum absolute atomic E-state index is 10.9. The van der Waals surface area contributed by atoms with Gasteiger partial charge in [-0.15, -0.1) is 0 Å². The monoisotopic (exact) mass is 710 g/mol. The van der Waals surface area contributed by atoms with Gasteiger partial charge in [-0.3, -0.25) is 0 Å². The van der Waals surface area contributed by atoms with Gasteiger partial charge in [0.1, 0.15) is 42.7 Å². The second-order valence-electron chi connectivity index (χ2n) is 18.3. The minimum Gasteiger partial charge on any atom is -0.388 e. The number of ether oxygens (including phenoxy) is 6. The number of hydrogen-bond acceptors (Lipinski definition) is 12. The maximum Gasteiger partial charge on any atom is 0.186 e. The first-order chi connectivity index (χ1) is 23.8. The predicted octanol–water partition coefficient (Wildman–Crippen LogP) is 2.08. The molecule has 8 aliphatic rings. The molecular weight excluding hydrogens is 648 g/mol. The quantitative estimate of drug-likeness (QED) is 0.230. The fraction of sp³-hybridized carbons (Fsp3) is 1.00. The first-order valence-corrected chi connectivity index (χ1v) is 19.7. The van der Waals surface area contributed by atoms with E-state index in [1.807, 2.05) is 0 Å². The minimum atomic E-state index is -1.52. The van der Waals surface area contributed by atoms with Crippen LogP contribution in [0.25, 0.3) is 0 Å². The molecule has 4 saturated carbocycles. The summed E-state index contributed by atoms with van der Waals surface area (Å²) in [5.41, 5.74) is 0.502. The molecule has 0 aromatic rings. The molecule has 8 rings (SSSR count). The second kappa shape index (κ2) is 13.4. The van der Waals surface area contributed by atoms with Crippen molar-refractivity contribution >= 4 is 0 Å². The van der Waals surface area contributed by atoms with Crippen LogP contribution in [0.2, 0.25) is 0 Å². The average molecular weight is 711 g/mol. The van der Waals surface area contributed by atoms with Gasteiger partial charge in [0.2, 0.25) is 0 Å². The van der Waals surface area contributed by atoms with Gasteiger partial charge in [0.25, 0.3) is 0 Å². The molecule has 21 atom stereocenters. The standard InChI is InChI=1S/C38H62O12/c1-18-7-12-38(47-15-18)19(2)28-26(50-38)14-24-22-6-5-20-13-21(8-10-36(20,3)23(22)9-11-37(24,28)4)48-35-33(44)31(42)30(41)27(49-35)17-46-34-32(43)29(40)25(39)16-45-34/h18-35,39-44H,5-17H2,1-4H3/t18-,19-,20+,21-,22+,23-,24-,25-,26-,27+,28-,29-,30+,31-,32+,33+,34-,35+,36-,37-,38+/m0/s1. The van der Waals surface area contributed by atoms with Gasteiger partial charge in [-0.2, -0.15) is 0 Å². The Labute approximate surface area is 296 Å². The van der Waals surface area contributed by atoms with E-state index in [2.05, 4.69) is 27.7 Å². The average Bonchev–Trinajstić information content (AvgIpc) is 3.54. The molecular formula is C38H62O12. The van der Waals surface area contributed by atoms with Gasteiger partial charge in [-0.25, -0.2) is 0 Å². The van der Waals surface area contributed by atoms with Crippen LogP contribution in [-0.2, 0) is 28.4 Å². The summed E-state index contributed by atoms with van der Waals surface area (Å²) in [6.07, 6.45) is -0.982. The zero-order valence-corrected chi connectivity index (χ0v) is 30.2. The highest BCUT2D eigenvalue weighted by Gasteiger charge is 2.69. The molecule has 0 aromatic heterocycles. The number of aliphatic hydroxyl groups excluding tert-OH is 6. The predicted molar refractivity (Wildman–Crippen MR) is 177 cm³/mol. The topological polar surface area (TPSA) is 177 Å². The first kappa shape index (κ1) is 36.5. The Kier molecular flexibility index (Phi) is 9.76. The van der Waals surface area contributed by atoms with Crippen LogP contribution in [0.5, 0.6) is 0 Å². The molecule has 12 heteroatoms. The van der Waals surface area contributed by atoms with Crippen LogP contribution in [0.15, 0.2) is 0 Å². The van der Waals surface area contributed by atoms with E-state index in [-0.39, 0.29) is 35.9 Å². The first-order valence-electron chi connectivity index (χ1n) is 19.7. The lowest BCUT2D eigenvalue weighted by Crippen LogP contribution is -2.61. The summed E-state index contributed by atoms with van der Waals surface area (Å²) in [7, 11) is 0. The van der Waals surface area contributed by atoms with Crippen LogP contribution in [0.4, 0.5) is 0 Å². The van der Waals surface area contributed by atoms with E-state index in [1.165, 1.54) is 25.7 Å². The van der Waals surface area contributed by atoms with Crippen LogP contribution in [0.1, 0.15) is 91.9 Å². The Morgan fingerprint density at radius 3 is 2.24 bits per heavy atom. The lowest BCUT2D eigenvalue weighted by Gasteiger charge is -2.61. The molecule has 4 heterocycles. The SMILES string of the molecule is C[C@H]1CC[C@@]2(OC1)O[C@H]1C[C@H]3[C@@H]4CC[C@@H]5C[C@@H](O[C@@H]6O[C@H](CO[C@@H]7OC[C@H](O)[C@H](O)[C@H]7O)[C@@H](O)[C@H](O)[C@H]6O)CC[C@]5(C)[C@H]4CC[C@]3(C)[C@H]1[C@@H]2C. The van der Waals surface area contributed by atoms with Crippen LogP contribution >= 0.6 is 0 Å². The fourth-order valence-corrected chi connectivity index (χ4v) is 12.8. The Morgan fingerprint density at radius 2 is 1.48 bits per heavy atom. The highest BCUT2D eigenvalue weighted by molar-refractivity contribution is 5.15. The van der Waals surface area contributed by atoms with Gasteiger partial charge in [0, 0.05) is 12.3 Å². The van der Waals surface area contributed by atoms with Crippen LogP contribution in [-0.4, -0.2) is 124 Å². The van der Waals surface area contributed by atoms with Gasteiger partial charge in [-0.05, 0) is 104 Å². The summed E-state index contributed by atoms with van der Waals surface area (Å²) in [5, 5.41) is 62.2. The Balaban J connectivity index is 0.889. The summed E-state index contributed by atoms with van der Waals surface area (Å²) in [6, 6.07) is 0. The normalized spacial score (nSPS) is 59.4. The molecule has 8 fully saturated rings. The molecule has 4 aliphatic carbocycles. The van der Waals surface area contributed by atoms with E-state index < -0.39 is 55.3 Å². The van der Waals surface area contributed by atoms with E-state index in [4.69, 9.17) is 28.4 Å². The summed E-state index contributed by atoms with van der Waals surface area (Å²) in [5.74, 6) is 3.74. The number of hydrogen-bond donors (Lipinski definition) is 6. The summed E-state index contributed by atoms with van der Waals surface area (Å²) < 4.78 is 36.8. The fourth-order valence-electron chi connectivity index (χ4n) is 12.8. The molecule has 12 nitrogen and oxygen atoms in total. The van der Waals surface area contributed by atoms with Crippen LogP contribution < -0.4 is 0 Å². The van der Waals surface area contributed by atoms with Gasteiger partial charge in [0.15, 0.2) is 18.4 Å². The molecule has 0 radical (unpaired) electrons. The van der Waals surface area contributed by atoms with Crippen molar-refractivity contribution in [2.24, 2.45) is 52.3 Å². The zero-order valence-electron chi connectivity index (χ0n) is 30.2. The lowest BCUT2D eigenvalue weighted by molar-refractivity contribution is -0.331. The lowest BCUT2D eigenvalue weighted by atomic mass is 9.44. The highest BCUT2D eigenvalue weighted by atomic mass is 16.7. The van der Waals surface area contributed by atoms with Crippen molar-refractivity contribution in [2.45, 2.75) is 165 Å².